The molecule has 0 saturated heterocycles. The smallest absolute Gasteiger partial charge is 0.249 e. The highest BCUT2D eigenvalue weighted by Crippen LogP contribution is 2.25. The fraction of sp³-hybridized carbons (Fsp3) is 0.231. The van der Waals surface area contributed by atoms with Crippen molar-refractivity contribution in [3.8, 4) is 0 Å². The molecule has 18 heavy (non-hydrogen) atoms. The maximum atomic E-state index is 11.0. The summed E-state index contributed by atoms with van der Waals surface area (Å²) in [6.45, 7) is 3.61. The van der Waals surface area contributed by atoms with Crippen LogP contribution in [0.1, 0.15) is 19.4 Å². The third kappa shape index (κ3) is 2.38. The molecule has 1 aromatic heterocycles. The first kappa shape index (κ1) is 12.6. The number of nitro groups is 1. The van der Waals surface area contributed by atoms with Crippen LogP contribution in [-0.2, 0) is 0 Å². The van der Waals surface area contributed by atoms with Crippen LogP contribution < -0.4 is 0 Å². The minimum absolute atomic E-state index is 0.128. The summed E-state index contributed by atoms with van der Waals surface area (Å²) in [5.74, 6) is -0.128. The zero-order valence-electron chi connectivity index (χ0n) is 10.1. The predicted octanol–water partition coefficient (Wildman–Crippen LogP) is 4.09. The summed E-state index contributed by atoms with van der Waals surface area (Å²) in [7, 11) is 0. The summed E-state index contributed by atoms with van der Waals surface area (Å²) in [6, 6.07) is 5.43. The Kier molecular flexibility index (Phi) is 3.39. The van der Waals surface area contributed by atoms with Gasteiger partial charge in [-0.15, -0.1) is 0 Å². The number of rotatable bonds is 3. The Morgan fingerprint density at radius 2 is 2.22 bits per heavy atom. The van der Waals surface area contributed by atoms with Gasteiger partial charge in [-0.1, -0.05) is 31.5 Å². The summed E-state index contributed by atoms with van der Waals surface area (Å²) < 4.78 is 0. The molecule has 0 saturated carbocycles. The second-order valence-electron chi connectivity index (χ2n) is 4.41. The van der Waals surface area contributed by atoms with Crippen molar-refractivity contribution in [2.45, 2.75) is 13.8 Å². The van der Waals surface area contributed by atoms with Crippen LogP contribution in [0.5, 0.6) is 0 Å². The molecule has 2 aromatic rings. The molecule has 5 heteroatoms. The van der Waals surface area contributed by atoms with E-state index in [1.165, 1.54) is 0 Å². The fourth-order valence-electron chi connectivity index (χ4n) is 1.83. The normalized spacial score (nSPS) is 12.3. The molecule has 0 radical (unpaired) electrons. The van der Waals surface area contributed by atoms with Crippen LogP contribution in [0.3, 0.4) is 0 Å². The molecule has 0 amide bonds. The molecule has 1 N–H and O–H groups in total. The molecule has 0 aliphatic carbocycles. The highest BCUT2D eigenvalue weighted by Gasteiger charge is 2.16. The first-order valence-electron chi connectivity index (χ1n) is 5.61. The summed E-state index contributed by atoms with van der Waals surface area (Å²) in [4.78, 5) is 13.7. The number of nitrogens with one attached hydrogen (secondary N) is 1. The quantitative estimate of drug-likeness (QED) is 0.670. The Labute approximate surface area is 109 Å². The number of allylic oxidation sites excluding steroid dienone is 1. The van der Waals surface area contributed by atoms with Crippen molar-refractivity contribution in [1.82, 2.24) is 4.98 Å². The molecule has 2 rings (SSSR count). The largest absolute Gasteiger partial charge is 0.361 e. The Morgan fingerprint density at radius 3 is 2.83 bits per heavy atom. The minimum atomic E-state index is -0.334. The Hall–Kier alpha value is -1.81. The first-order chi connectivity index (χ1) is 8.49. The number of benzene rings is 1. The lowest BCUT2D eigenvalue weighted by Gasteiger charge is -2.01. The van der Waals surface area contributed by atoms with Gasteiger partial charge in [-0.3, -0.25) is 10.1 Å². The molecule has 0 spiro atoms. The molecular formula is C13H13ClN2O2. The molecule has 0 fully saturated rings. The van der Waals surface area contributed by atoms with Crippen molar-refractivity contribution in [3.63, 3.8) is 0 Å². The van der Waals surface area contributed by atoms with Gasteiger partial charge in [-0.05, 0) is 12.1 Å². The average Bonchev–Trinajstić information content (AvgIpc) is 2.67. The lowest BCUT2D eigenvalue weighted by Crippen LogP contribution is -2.05. The van der Waals surface area contributed by atoms with Crippen molar-refractivity contribution in [3.05, 3.63) is 50.8 Å². The summed E-state index contributed by atoms with van der Waals surface area (Å²) >= 11 is 5.89. The highest BCUT2D eigenvalue weighted by atomic mass is 35.5. The summed E-state index contributed by atoms with van der Waals surface area (Å²) in [6.07, 6.45) is 3.37. The molecular weight excluding hydrogens is 252 g/mol. The van der Waals surface area contributed by atoms with Gasteiger partial charge >= 0.3 is 0 Å². The van der Waals surface area contributed by atoms with Crippen molar-refractivity contribution >= 4 is 28.6 Å². The fourth-order valence-corrected chi connectivity index (χ4v) is 2.00. The molecule has 0 bridgehead atoms. The number of halogens is 1. The number of nitrogens with zero attached hydrogens (tertiary/aromatic N) is 1. The van der Waals surface area contributed by atoms with E-state index in [2.05, 4.69) is 4.98 Å². The molecule has 1 aromatic carbocycles. The number of aromatic nitrogens is 1. The van der Waals surface area contributed by atoms with Gasteiger partial charge in [0, 0.05) is 39.7 Å². The van der Waals surface area contributed by atoms with Gasteiger partial charge in [0.2, 0.25) is 5.70 Å². The van der Waals surface area contributed by atoms with Crippen LogP contribution in [0.15, 0.2) is 30.1 Å². The molecule has 0 aliphatic heterocycles. The highest BCUT2D eigenvalue weighted by molar-refractivity contribution is 6.31. The van der Waals surface area contributed by atoms with Crippen LogP contribution in [0, 0.1) is 16.0 Å². The maximum absolute atomic E-state index is 11.0. The van der Waals surface area contributed by atoms with Gasteiger partial charge in [0.25, 0.3) is 0 Å². The van der Waals surface area contributed by atoms with Crippen molar-refractivity contribution in [2.75, 3.05) is 0 Å². The number of fused-ring (bicyclic) bond motifs is 1. The third-order valence-corrected chi connectivity index (χ3v) is 3.02. The third-order valence-electron chi connectivity index (χ3n) is 2.78. The SMILES string of the molecule is CC(C)/C(=C/c1c[nH]c2cc(Cl)ccc12)[N+](=O)[O-]. The van der Waals surface area contributed by atoms with E-state index in [1.807, 2.05) is 6.07 Å². The Bertz CT molecular complexity index is 629. The monoisotopic (exact) mass is 264 g/mol. The van der Waals surface area contributed by atoms with Gasteiger partial charge in [0.15, 0.2) is 0 Å². The van der Waals surface area contributed by atoms with E-state index in [0.717, 1.165) is 16.5 Å². The van der Waals surface area contributed by atoms with E-state index in [9.17, 15) is 10.1 Å². The molecule has 0 atom stereocenters. The lowest BCUT2D eigenvalue weighted by atomic mass is 10.1. The van der Waals surface area contributed by atoms with E-state index >= 15 is 0 Å². The number of hydrogen-bond donors (Lipinski definition) is 1. The predicted molar refractivity (Wildman–Crippen MR) is 73.1 cm³/mol. The van der Waals surface area contributed by atoms with Crippen molar-refractivity contribution in [2.24, 2.45) is 5.92 Å². The zero-order valence-corrected chi connectivity index (χ0v) is 10.9. The topological polar surface area (TPSA) is 58.9 Å². The van der Waals surface area contributed by atoms with Crippen molar-refractivity contribution in [1.29, 1.82) is 0 Å². The summed E-state index contributed by atoms with van der Waals surface area (Å²) in [5, 5.41) is 12.5. The molecule has 0 aliphatic rings. The second-order valence-corrected chi connectivity index (χ2v) is 4.85. The van der Waals surface area contributed by atoms with E-state index in [4.69, 9.17) is 11.6 Å². The van der Waals surface area contributed by atoms with Gasteiger partial charge < -0.3 is 4.98 Å². The molecule has 0 unspecified atom stereocenters. The van der Waals surface area contributed by atoms with Gasteiger partial charge in [-0.2, -0.15) is 0 Å². The second kappa shape index (κ2) is 4.82. The average molecular weight is 265 g/mol. The van der Waals surface area contributed by atoms with Crippen LogP contribution in [0.4, 0.5) is 0 Å². The van der Waals surface area contributed by atoms with Crippen LogP contribution in [0.25, 0.3) is 17.0 Å². The lowest BCUT2D eigenvalue weighted by molar-refractivity contribution is -0.431. The van der Waals surface area contributed by atoms with E-state index in [0.29, 0.717) is 5.02 Å². The van der Waals surface area contributed by atoms with Crippen molar-refractivity contribution < 1.29 is 4.92 Å². The van der Waals surface area contributed by atoms with E-state index in [1.54, 1.807) is 38.3 Å². The van der Waals surface area contributed by atoms with Crippen LogP contribution in [-0.4, -0.2) is 9.91 Å². The first-order valence-corrected chi connectivity index (χ1v) is 5.99. The maximum Gasteiger partial charge on any atom is 0.249 e. The zero-order chi connectivity index (χ0) is 13.3. The number of aromatic amines is 1. The van der Waals surface area contributed by atoms with Gasteiger partial charge in [0.05, 0.1) is 4.92 Å². The van der Waals surface area contributed by atoms with E-state index in [-0.39, 0.29) is 16.5 Å². The Morgan fingerprint density at radius 1 is 1.50 bits per heavy atom. The summed E-state index contributed by atoms with van der Waals surface area (Å²) in [5.41, 5.74) is 1.88. The minimum Gasteiger partial charge on any atom is -0.361 e. The number of hydrogen-bond acceptors (Lipinski definition) is 2. The molecule has 4 nitrogen and oxygen atoms in total. The van der Waals surface area contributed by atoms with E-state index < -0.39 is 0 Å². The Balaban J connectivity index is 2.55. The molecule has 94 valence electrons. The molecule has 1 heterocycles. The van der Waals surface area contributed by atoms with Gasteiger partial charge in [0.1, 0.15) is 0 Å². The van der Waals surface area contributed by atoms with Crippen LogP contribution >= 0.6 is 11.6 Å². The standard InChI is InChI=1S/C13H13ClN2O2/c1-8(2)13(16(17)18)5-9-7-15-12-6-10(14)3-4-11(9)12/h3-8,15H,1-2H3/b13-5-. The van der Waals surface area contributed by atoms with Gasteiger partial charge in [-0.25, -0.2) is 0 Å². The number of H-pyrrole nitrogens is 1. The van der Waals surface area contributed by atoms with Crippen LogP contribution in [0.2, 0.25) is 5.02 Å².